The van der Waals surface area contributed by atoms with Crippen LogP contribution in [0.3, 0.4) is 0 Å². The molecule has 0 saturated carbocycles. The minimum atomic E-state index is -0.991. The molecular weight excluding hydrogens is 321 g/mol. The number of carbonyl (C=O) groups is 2. The largest absolute Gasteiger partial charge is 0.480 e. The monoisotopic (exact) mass is 333 g/mol. The molecule has 1 aromatic carbocycles. The van der Waals surface area contributed by atoms with Crippen LogP contribution >= 0.6 is 35.0 Å². The second kappa shape index (κ2) is 6.24. The zero-order valence-electron chi connectivity index (χ0n) is 10.7. The molecule has 1 aliphatic heterocycles. The van der Waals surface area contributed by atoms with Gasteiger partial charge in [-0.1, -0.05) is 30.1 Å². The number of hydrogen-bond donors (Lipinski definition) is 1. The third-order valence-electron chi connectivity index (χ3n) is 3.07. The highest BCUT2D eigenvalue weighted by molar-refractivity contribution is 8.00. The Morgan fingerprint density at radius 1 is 1.35 bits per heavy atom. The predicted octanol–water partition coefficient (Wildman–Crippen LogP) is 3.37. The van der Waals surface area contributed by atoms with Crippen molar-refractivity contribution in [2.75, 3.05) is 5.75 Å². The molecule has 2 atom stereocenters. The average Bonchev–Trinajstić information content (AvgIpc) is 2.80. The molecule has 2 unspecified atom stereocenters. The van der Waals surface area contributed by atoms with E-state index in [4.69, 9.17) is 23.2 Å². The Balaban J connectivity index is 2.35. The van der Waals surface area contributed by atoms with Gasteiger partial charge in [0.1, 0.15) is 6.04 Å². The third kappa shape index (κ3) is 3.05. The van der Waals surface area contributed by atoms with Crippen LogP contribution in [0.4, 0.5) is 0 Å². The maximum Gasteiger partial charge on any atom is 0.327 e. The highest BCUT2D eigenvalue weighted by Gasteiger charge is 2.41. The van der Waals surface area contributed by atoms with E-state index in [0.29, 0.717) is 27.8 Å². The first-order valence-corrected chi connectivity index (χ1v) is 7.87. The lowest BCUT2D eigenvalue weighted by atomic mass is 10.1. The lowest BCUT2D eigenvalue weighted by Crippen LogP contribution is -2.45. The van der Waals surface area contributed by atoms with Gasteiger partial charge in [-0.2, -0.15) is 0 Å². The number of carboxylic acid groups (broad SMARTS) is 1. The number of rotatable bonds is 3. The Morgan fingerprint density at radius 2 is 1.95 bits per heavy atom. The molecule has 1 aromatic rings. The van der Waals surface area contributed by atoms with E-state index in [-0.39, 0.29) is 11.3 Å². The average molecular weight is 334 g/mol. The summed E-state index contributed by atoms with van der Waals surface area (Å²) in [6.45, 7) is 1.92. The van der Waals surface area contributed by atoms with Gasteiger partial charge in [0.15, 0.2) is 0 Å². The quantitative estimate of drug-likeness (QED) is 0.921. The molecule has 2 rings (SSSR count). The molecule has 1 saturated heterocycles. The Morgan fingerprint density at radius 3 is 2.45 bits per heavy atom. The zero-order valence-corrected chi connectivity index (χ0v) is 13.0. The van der Waals surface area contributed by atoms with Crippen LogP contribution in [0.25, 0.3) is 0 Å². The molecule has 1 heterocycles. The molecule has 0 bridgehead atoms. The fourth-order valence-corrected chi connectivity index (χ4v) is 4.04. The van der Waals surface area contributed by atoms with Crippen LogP contribution in [-0.4, -0.2) is 39.1 Å². The molecule has 1 aliphatic rings. The Labute approximate surface area is 131 Å². The summed E-state index contributed by atoms with van der Waals surface area (Å²) < 4.78 is 0. The summed E-state index contributed by atoms with van der Waals surface area (Å²) in [4.78, 5) is 25.3. The fourth-order valence-electron chi connectivity index (χ4n) is 2.17. The first-order valence-electron chi connectivity index (χ1n) is 6.07. The zero-order chi connectivity index (χ0) is 14.9. The van der Waals surface area contributed by atoms with E-state index in [9.17, 15) is 14.7 Å². The van der Waals surface area contributed by atoms with Crippen LogP contribution < -0.4 is 0 Å². The third-order valence-corrected chi connectivity index (χ3v) is 4.96. The summed E-state index contributed by atoms with van der Waals surface area (Å²) in [7, 11) is 0. The first-order chi connectivity index (χ1) is 9.43. The van der Waals surface area contributed by atoms with E-state index in [0.717, 1.165) is 0 Å². The van der Waals surface area contributed by atoms with Gasteiger partial charge in [0.2, 0.25) is 0 Å². The van der Waals surface area contributed by atoms with Gasteiger partial charge in [0.25, 0.3) is 5.91 Å². The van der Waals surface area contributed by atoms with Crippen molar-refractivity contribution in [3.8, 4) is 0 Å². The molecule has 1 fully saturated rings. The van der Waals surface area contributed by atoms with Crippen LogP contribution in [0, 0.1) is 0 Å². The molecule has 1 amide bonds. The van der Waals surface area contributed by atoms with Crippen molar-refractivity contribution in [3.63, 3.8) is 0 Å². The van der Waals surface area contributed by atoms with Gasteiger partial charge < -0.3 is 10.0 Å². The summed E-state index contributed by atoms with van der Waals surface area (Å²) in [6, 6.07) is 3.73. The number of hydrogen-bond acceptors (Lipinski definition) is 3. The van der Waals surface area contributed by atoms with E-state index >= 15 is 0 Å². The number of halogens is 2. The van der Waals surface area contributed by atoms with Crippen LogP contribution in [0.1, 0.15) is 23.7 Å². The Kier molecular flexibility index (Phi) is 4.83. The van der Waals surface area contributed by atoms with Crippen LogP contribution in [0.15, 0.2) is 18.2 Å². The maximum atomic E-state index is 12.6. The van der Waals surface area contributed by atoms with Crippen molar-refractivity contribution in [2.45, 2.75) is 24.8 Å². The van der Waals surface area contributed by atoms with Gasteiger partial charge in [0, 0.05) is 21.4 Å². The molecule has 0 aromatic heterocycles. The second-order valence-corrected chi connectivity index (χ2v) is 6.50. The SMILES string of the molecule is CCC1SCC(C(=O)O)N1C(=O)c1cc(Cl)cc(Cl)c1. The number of nitrogens with zero attached hydrogens (tertiary/aromatic N) is 1. The van der Waals surface area contributed by atoms with E-state index < -0.39 is 12.0 Å². The first kappa shape index (κ1) is 15.5. The highest BCUT2D eigenvalue weighted by Crippen LogP contribution is 2.33. The molecule has 20 heavy (non-hydrogen) atoms. The maximum absolute atomic E-state index is 12.6. The Hall–Kier alpha value is -0.910. The number of thioether (sulfide) groups is 1. The number of amides is 1. The number of aliphatic carboxylic acids is 1. The Bertz CT molecular complexity index is 532. The van der Waals surface area contributed by atoms with Gasteiger partial charge in [-0.05, 0) is 24.6 Å². The topological polar surface area (TPSA) is 57.6 Å². The highest BCUT2D eigenvalue weighted by atomic mass is 35.5. The molecule has 0 aliphatic carbocycles. The molecule has 108 valence electrons. The standard InChI is InChI=1S/C13H13Cl2NO3S/c1-2-11-16(10(6-20-11)13(18)19)12(17)7-3-8(14)5-9(15)4-7/h3-5,10-11H,2,6H2,1H3,(H,18,19). The van der Waals surface area contributed by atoms with E-state index in [1.54, 1.807) is 0 Å². The number of benzene rings is 1. The molecule has 1 N–H and O–H groups in total. The normalized spacial score (nSPS) is 22.1. The summed E-state index contributed by atoms with van der Waals surface area (Å²) in [5.74, 6) is -0.943. The van der Waals surface area contributed by atoms with Crippen molar-refractivity contribution in [3.05, 3.63) is 33.8 Å². The lowest BCUT2D eigenvalue weighted by molar-refractivity contribution is -0.141. The van der Waals surface area contributed by atoms with Crippen molar-refractivity contribution in [1.82, 2.24) is 4.90 Å². The summed E-state index contributed by atoms with van der Waals surface area (Å²) in [6.07, 6.45) is 0.689. The fraction of sp³-hybridized carbons (Fsp3) is 0.385. The summed E-state index contributed by atoms with van der Waals surface area (Å²) >= 11 is 13.3. The van der Waals surface area contributed by atoms with Crippen LogP contribution in [-0.2, 0) is 4.79 Å². The van der Waals surface area contributed by atoms with Crippen molar-refractivity contribution < 1.29 is 14.7 Å². The number of carboxylic acids is 1. The lowest BCUT2D eigenvalue weighted by Gasteiger charge is -2.26. The predicted molar refractivity (Wildman–Crippen MR) is 80.6 cm³/mol. The van der Waals surface area contributed by atoms with Crippen molar-refractivity contribution in [2.24, 2.45) is 0 Å². The molecule has 4 nitrogen and oxygen atoms in total. The van der Waals surface area contributed by atoms with E-state index in [1.165, 1.54) is 34.9 Å². The van der Waals surface area contributed by atoms with Crippen LogP contribution in [0.2, 0.25) is 10.0 Å². The summed E-state index contributed by atoms with van der Waals surface area (Å²) in [5, 5.41) is 9.81. The second-order valence-electron chi connectivity index (χ2n) is 4.42. The minimum Gasteiger partial charge on any atom is -0.480 e. The smallest absolute Gasteiger partial charge is 0.327 e. The van der Waals surface area contributed by atoms with Gasteiger partial charge in [-0.15, -0.1) is 11.8 Å². The molecular formula is C13H13Cl2NO3S. The van der Waals surface area contributed by atoms with Crippen molar-refractivity contribution in [1.29, 1.82) is 0 Å². The minimum absolute atomic E-state index is 0.138. The van der Waals surface area contributed by atoms with Gasteiger partial charge in [0.05, 0.1) is 5.37 Å². The molecule has 0 spiro atoms. The molecule has 7 heteroatoms. The van der Waals surface area contributed by atoms with Crippen molar-refractivity contribution >= 4 is 46.8 Å². The summed E-state index contributed by atoms with van der Waals surface area (Å²) in [5.41, 5.74) is 0.315. The van der Waals surface area contributed by atoms with Crippen LogP contribution in [0.5, 0.6) is 0 Å². The van der Waals surface area contributed by atoms with Gasteiger partial charge in [-0.25, -0.2) is 4.79 Å². The van der Waals surface area contributed by atoms with Gasteiger partial charge in [-0.3, -0.25) is 4.79 Å². The van der Waals surface area contributed by atoms with Gasteiger partial charge >= 0.3 is 5.97 Å². The van der Waals surface area contributed by atoms with E-state index in [2.05, 4.69) is 0 Å². The molecule has 0 radical (unpaired) electrons. The van der Waals surface area contributed by atoms with E-state index in [1.807, 2.05) is 6.92 Å². The number of carbonyl (C=O) groups excluding carboxylic acids is 1.